The first-order valence-corrected chi connectivity index (χ1v) is 7.83. The van der Waals surface area contributed by atoms with Crippen molar-refractivity contribution in [3.8, 4) is 11.8 Å². The molecule has 0 atom stereocenters. The Kier molecular flexibility index (Phi) is 4.58. The molecule has 118 valence electrons. The van der Waals surface area contributed by atoms with Crippen LogP contribution in [0.2, 0.25) is 0 Å². The van der Waals surface area contributed by atoms with E-state index in [0.29, 0.717) is 12.1 Å². The zero-order valence-electron chi connectivity index (χ0n) is 13.8. The van der Waals surface area contributed by atoms with Gasteiger partial charge in [-0.2, -0.15) is 0 Å². The van der Waals surface area contributed by atoms with Gasteiger partial charge in [-0.25, -0.2) is 0 Å². The summed E-state index contributed by atoms with van der Waals surface area (Å²) in [5.41, 5.74) is 4.34. The van der Waals surface area contributed by atoms with Gasteiger partial charge in [-0.05, 0) is 44.2 Å². The molecule has 1 aromatic heterocycles. The summed E-state index contributed by atoms with van der Waals surface area (Å²) in [6, 6.07) is 17.5. The summed E-state index contributed by atoms with van der Waals surface area (Å²) in [5.74, 6) is 5.88. The van der Waals surface area contributed by atoms with E-state index in [9.17, 15) is 4.79 Å². The van der Waals surface area contributed by atoms with Crippen LogP contribution in [0.4, 0.5) is 0 Å². The number of nitrogens with zero attached hydrogens (tertiary/aromatic N) is 1. The molecule has 1 amide bonds. The number of carbonyl (C=O) groups is 1. The SMILES string of the molecule is Cc1ccc2nc(C)cc(C(=O)NCC#Cc3ccccc3)c2c1. The molecule has 0 radical (unpaired) electrons. The summed E-state index contributed by atoms with van der Waals surface area (Å²) in [4.78, 5) is 17.0. The molecule has 3 heteroatoms. The Morgan fingerprint density at radius 1 is 1.08 bits per heavy atom. The van der Waals surface area contributed by atoms with Gasteiger partial charge >= 0.3 is 0 Å². The maximum Gasteiger partial charge on any atom is 0.252 e. The maximum atomic E-state index is 12.5. The van der Waals surface area contributed by atoms with Crippen LogP contribution in [0.1, 0.15) is 27.2 Å². The Morgan fingerprint density at radius 3 is 2.67 bits per heavy atom. The number of nitrogens with one attached hydrogen (secondary N) is 1. The van der Waals surface area contributed by atoms with E-state index in [1.54, 1.807) is 0 Å². The van der Waals surface area contributed by atoms with Gasteiger partial charge in [0.2, 0.25) is 0 Å². The molecule has 0 bridgehead atoms. The highest BCUT2D eigenvalue weighted by Gasteiger charge is 2.11. The van der Waals surface area contributed by atoms with Gasteiger partial charge in [-0.1, -0.05) is 41.7 Å². The topological polar surface area (TPSA) is 42.0 Å². The maximum absolute atomic E-state index is 12.5. The van der Waals surface area contributed by atoms with Gasteiger partial charge in [-0.15, -0.1) is 0 Å². The van der Waals surface area contributed by atoms with Gasteiger partial charge in [0.15, 0.2) is 0 Å². The normalized spacial score (nSPS) is 10.1. The first-order chi connectivity index (χ1) is 11.6. The van der Waals surface area contributed by atoms with Crippen LogP contribution in [0.15, 0.2) is 54.6 Å². The minimum absolute atomic E-state index is 0.126. The molecule has 3 rings (SSSR count). The third-order valence-electron chi connectivity index (χ3n) is 3.68. The van der Waals surface area contributed by atoms with Crippen molar-refractivity contribution in [2.45, 2.75) is 13.8 Å². The van der Waals surface area contributed by atoms with Crippen LogP contribution in [0, 0.1) is 25.7 Å². The number of pyridine rings is 1. The molecule has 0 aliphatic heterocycles. The lowest BCUT2D eigenvalue weighted by Gasteiger charge is -2.08. The highest BCUT2D eigenvalue weighted by atomic mass is 16.1. The third kappa shape index (κ3) is 3.61. The molecular formula is C21H18N2O. The molecule has 0 fully saturated rings. The van der Waals surface area contributed by atoms with Gasteiger partial charge in [0.05, 0.1) is 17.6 Å². The summed E-state index contributed by atoms with van der Waals surface area (Å²) in [5, 5.41) is 3.74. The lowest BCUT2D eigenvalue weighted by molar-refractivity contribution is 0.0960. The fraction of sp³-hybridized carbons (Fsp3) is 0.143. The quantitative estimate of drug-likeness (QED) is 0.734. The van der Waals surface area contributed by atoms with E-state index in [-0.39, 0.29) is 5.91 Å². The number of hydrogen-bond acceptors (Lipinski definition) is 2. The van der Waals surface area contributed by atoms with Crippen LogP contribution < -0.4 is 5.32 Å². The molecular weight excluding hydrogens is 296 g/mol. The first kappa shape index (κ1) is 15.8. The summed E-state index contributed by atoms with van der Waals surface area (Å²) in [7, 11) is 0. The average Bonchev–Trinajstić information content (AvgIpc) is 2.59. The van der Waals surface area contributed by atoms with E-state index in [1.165, 1.54) is 0 Å². The minimum Gasteiger partial charge on any atom is -0.341 e. The van der Waals surface area contributed by atoms with Crippen molar-refractivity contribution in [3.63, 3.8) is 0 Å². The van der Waals surface area contributed by atoms with E-state index in [2.05, 4.69) is 22.1 Å². The van der Waals surface area contributed by atoms with Crippen molar-refractivity contribution in [2.75, 3.05) is 6.54 Å². The molecule has 3 nitrogen and oxygen atoms in total. The highest BCUT2D eigenvalue weighted by Crippen LogP contribution is 2.19. The smallest absolute Gasteiger partial charge is 0.252 e. The second-order valence-electron chi connectivity index (χ2n) is 5.68. The molecule has 1 heterocycles. The van der Waals surface area contributed by atoms with Crippen LogP contribution in [-0.2, 0) is 0 Å². The number of aromatic nitrogens is 1. The molecule has 3 aromatic rings. The van der Waals surface area contributed by atoms with E-state index in [4.69, 9.17) is 0 Å². The predicted octanol–water partition coefficient (Wildman–Crippen LogP) is 3.63. The van der Waals surface area contributed by atoms with Gasteiger partial charge in [0, 0.05) is 16.6 Å². The molecule has 2 aromatic carbocycles. The zero-order chi connectivity index (χ0) is 16.9. The Hall–Kier alpha value is -3.12. The van der Waals surface area contributed by atoms with Crippen LogP contribution in [0.25, 0.3) is 10.9 Å². The van der Waals surface area contributed by atoms with Crippen LogP contribution in [0.5, 0.6) is 0 Å². The van der Waals surface area contributed by atoms with Crippen molar-refractivity contribution in [1.82, 2.24) is 10.3 Å². The second-order valence-corrected chi connectivity index (χ2v) is 5.68. The fourth-order valence-corrected chi connectivity index (χ4v) is 2.55. The molecule has 0 spiro atoms. The third-order valence-corrected chi connectivity index (χ3v) is 3.68. The Labute approximate surface area is 141 Å². The van der Waals surface area contributed by atoms with E-state index in [1.807, 2.05) is 68.4 Å². The highest BCUT2D eigenvalue weighted by molar-refractivity contribution is 6.06. The molecule has 1 N–H and O–H groups in total. The van der Waals surface area contributed by atoms with Crippen LogP contribution in [0.3, 0.4) is 0 Å². The number of rotatable bonds is 2. The van der Waals surface area contributed by atoms with Gasteiger partial charge in [0.1, 0.15) is 0 Å². The number of hydrogen-bond donors (Lipinski definition) is 1. The van der Waals surface area contributed by atoms with Crippen LogP contribution >= 0.6 is 0 Å². The average molecular weight is 314 g/mol. The molecule has 0 unspecified atom stereocenters. The largest absolute Gasteiger partial charge is 0.341 e. The van der Waals surface area contributed by atoms with Gasteiger partial charge in [-0.3, -0.25) is 9.78 Å². The van der Waals surface area contributed by atoms with E-state index in [0.717, 1.165) is 27.7 Å². The number of fused-ring (bicyclic) bond motifs is 1. The molecule has 0 saturated heterocycles. The Bertz CT molecular complexity index is 950. The molecule has 24 heavy (non-hydrogen) atoms. The molecule has 0 aliphatic carbocycles. The lowest BCUT2D eigenvalue weighted by Crippen LogP contribution is -2.24. The fourth-order valence-electron chi connectivity index (χ4n) is 2.55. The Balaban J connectivity index is 1.79. The summed E-state index contributed by atoms with van der Waals surface area (Å²) in [6.45, 7) is 4.21. The first-order valence-electron chi connectivity index (χ1n) is 7.83. The monoisotopic (exact) mass is 314 g/mol. The van der Waals surface area contributed by atoms with E-state index >= 15 is 0 Å². The van der Waals surface area contributed by atoms with E-state index < -0.39 is 0 Å². The standard InChI is InChI=1S/C21H18N2O/c1-15-10-11-20-18(13-15)19(14-16(2)23-20)21(24)22-12-6-9-17-7-4-3-5-8-17/h3-5,7-8,10-11,13-14H,12H2,1-2H3,(H,22,24). The second kappa shape index (κ2) is 6.97. The van der Waals surface area contributed by atoms with Gasteiger partial charge in [0.25, 0.3) is 5.91 Å². The summed E-state index contributed by atoms with van der Waals surface area (Å²) >= 11 is 0. The minimum atomic E-state index is -0.126. The molecule has 0 saturated carbocycles. The van der Waals surface area contributed by atoms with Crippen molar-refractivity contribution >= 4 is 16.8 Å². The predicted molar refractivity (Wildman–Crippen MR) is 96.9 cm³/mol. The number of aryl methyl sites for hydroxylation is 2. The number of amides is 1. The van der Waals surface area contributed by atoms with Crippen molar-refractivity contribution in [2.24, 2.45) is 0 Å². The summed E-state index contributed by atoms with van der Waals surface area (Å²) < 4.78 is 0. The molecule has 0 aliphatic rings. The zero-order valence-corrected chi connectivity index (χ0v) is 13.8. The summed E-state index contributed by atoms with van der Waals surface area (Å²) in [6.07, 6.45) is 0. The number of carbonyl (C=O) groups excluding carboxylic acids is 1. The lowest BCUT2D eigenvalue weighted by atomic mass is 10.0. The van der Waals surface area contributed by atoms with Gasteiger partial charge < -0.3 is 5.32 Å². The van der Waals surface area contributed by atoms with Crippen molar-refractivity contribution in [3.05, 3.63) is 77.0 Å². The van der Waals surface area contributed by atoms with Crippen LogP contribution in [-0.4, -0.2) is 17.4 Å². The number of benzene rings is 2. The van der Waals surface area contributed by atoms with Crippen molar-refractivity contribution in [1.29, 1.82) is 0 Å². The Morgan fingerprint density at radius 2 is 1.88 bits per heavy atom. The van der Waals surface area contributed by atoms with Crippen molar-refractivity contribution < 1.29 is 4.79 Å².